The molecule has 1 saturated heterocycles. The SMILES string of the molecule is CC(=O)OC[C@@H]1O[C@@H](n2cnc3c(NCC(c4ccccc4)c4ccccc4)nc(C#N)nc32)[C@H](OC(C)=O)[C@@H]1OC(C)=O. The number of ether oxygens (including phenoxy) is 4. The highest BCUT2D eigenvalue weighted by Crippen LogP contribution is 2.37. The van der Waals surface area contributed by atoms with Gasteiger partial charge in [0.25, 0.3) is 0 Å². The van der Waals surface area contributed by atoms with E-state index in [0.29, 0.717) is 17.9 Å². The number of fused-ring (bicyclic) bond motifs is 1. The molecule has 4 aromatic rings. The zero-order valence-corrected chi connectivity index (χ0v) is 24.2. The fourth-order valence-corrected chi connectivity index (χ4v) is 5.19. The Morgan fingerprint density at radius 2 is 1.55 bits per heavy atom. The van der Waals surface area contributed by atoms with Gasteiger partial charge in [-0.3, -0.25) is 19.0 Å². The molecule has 1 fully saturated rings. The lowest BCUT2D eigenvalue weighted by Crippen LogP contribution is -2.40. The van der Waals surface area contributed by atoms with Crippen molar-refractivity contribution in [2.24, 2.45) is 0 Å². The zero-order chi connectivity index (χ0) is 31.2. The number of nitrogens with one attached hydrogen (secondary N) is 1. The van der Waals surface area contributed by atoms with E-state index in [9.17, 15) is 19.6 Å². The Morgan fingerprint density at radius 3 is 2.11 bits per heavy atom. The molecule has 44 heavy (non-hydrogen) atoms. The predicted octanol–water partition coefficient (Wildman–Crippen LogP) is 3.27. The second kappa shape index (κ2) is 13.3. The molecular formula is C31H30N6O7. The average Bonchev–Trinajstić information content (AvgIpc) is 3.57. The lowest BCUT2D eigenvalue weighted by Gasteiger charge is -2.23. The van der Waals surface area contributed by atoms with E-state index in [1.54, 1.807) is 0 Å². The van der Waals surface area contributed by atoms with Crippen LogP contribution >= 0.6 is 0 Å². The molecule has 4 atom stereocenters. The summed E-state index contributed by atoms with van der Waals surface area (Å²) in [6, 6.07) is 22.0. The van der Waals surface area contributed by atoms with Crippen molar-refractivity contribution in [1.29, 1.82) is 5.26 Å². The molecule has 2 aromatic heterocycles. The lowest BCUT2D eigenvalue weighted by atomic mass is 9.91. The highest BCUT2D eigenvalue weighted by Gasteiger charge is 2.51. The van der Waals surface area contributed by atoms with Crippen LogP contribution in [-0.4, -0.2) is 68.9 Å². The first kappa shape index (κ1) is 30.1. The number of aromatic nitrogens is 4. The summed E-state index contributed by atoms with van der Waals surface area (Å²) in [5.74, 6) is -1.73. The quantitative estimate of drug-likeness (QED) is 0.209. The summed E-state index contributed by atoms with van der Waals surface area (Å²) < 4.78 is 23.8. The van der Waals surface area contributed by atoms with Crippen LogP contribution in [0.5, 0.6) is 0 Å². The molecule has 1 aliphatic heterocycles. The van der Waals surface area contributed by atoms with E-state index in [1.165, 1.54) is 31.7 Å². The van der Waals surface area contributed by atoms with Crippen molar-refractivity contribution in [2.75, 3.05) is 18.5 Å². The molecule has 0 bridgehead atoms. The topological polar surface area (TPSA) is 168 Å². The summed E-state index contributed by atoms with van der Waals surface area (Å²) in [5, 5.41) is 13.1. The largest absolute Gasteiger partial charge is 0.463 e. The molecule has 1 N–H and O–H groups in total. The minimum Gasteiger partial charge on any atom is -0.463 e. The summed E-state index contributed by atoms with van der Waals surface area (Å²) >= 11 is 0. The monoisotopic (exact) mass is 598 g/mol. The van der Waals surface area contributed by atoms with E-state index < -0.39 is 42.4 Å². The number of nitriles is 1. The molecule has 0 unspecified atom stereocenters. The molecule has 1 aliphatic rings. The van der Waals surface area contributed by atoms with E-state index in [-0.39, 0.29) is 24.0 Å². The van der Waals surface area contributed by atoms with E-state index >= 15 is 0 Å². The van der Waals surface area contributed by atoms with Crippen molar-refractivity contribution in [3.8, 4) is 6.07 Å². The van der Waals surface area contributed by atoms with Gasteiger partial charge in [-0.2, -0.15) is 15.2 Å². The van der Waals surface area contributed by atoms with Crippen LogP contribution in [0, 0.1) is 11.3 Å². The molecule has 13 heteroatoms. The molecule has 0 aliphatic carbocycles. The van der Waals surface area contributed by atoms with E-state index in [4.69, 9.17) is 18.9 Å². The number of anilines is 1. The fraction of sp³-hybridized carbons (Fsp3) is 0.323. The smallest absolute Gasteiger partial charge is 0.303 e. The van der Waals surface area contributed by atoms with Crippen LogP contribution in [0.3, 0.4) is 0 Å². The third kappa shape index (κ3) is 6.66. The van der Waals surface area contributed by atoms with Crippen molar-refractivity contribution in [2.45, 2.75) is 51.2 Å². The second-order valence-electron chi connectivity index (χ2n) is 10.1. The summed E-state index contributed by atoms with van der Waals surface area (Å²) in [6.45, 7) is 3.80. The maximum Gasteiger partial charge on any atom is 0.303 e. The first-order valence-corrected chi connectivity index (χ1v) is 13.9. The van der Waals surface area contributed by atoms with Crippen molar-refractivity contribution in [1.82, 2.24) is 19.5 Å². The lowest BCUT2D eigenvalue weighted by molar-refractivity contribution is -0.166. The van der Waals surface area contributed by atoms with Gasteiger partial charge in [0.05, 0.1) is 6.33 Å². The molecular weight excluding hydrogens is 568 g/mol. The minimum atomic E-state index is -1.15. The van der Waals surface area contributed by atoms with Crippen LogP contribution in [0.2, 0.25) is 0 Å². The first-order chi connectivity index (χ1) is 21.2. The minimum absolute atomic E-state index is 0.0481. The maximum atomic E-state index is 12.1. The van der Waals surface area contributed by atoms with Gasteiger partial charge in [0.1, 0.15) is 18.8 Å². The van der Waals surface area contributed by atoms with Crippen molar-refractivity contribution < 1.29 is 33.3 Å². The molecule has 0 amide bonds. The molecule has 0 radical (unpaired) electrons. The van der Waals surface area contributed by atoms with Crippen molar-refractivity contribution in [3.05, 3.63) is 83.9 Å². The number of hydrogen-bond donors (Lipinski definition) is 1. The standard InChI is InChI=1S/C31H30N6O7/c1-18(38)41-16-24-27(42-19(2)39)28(43-20(3)40)31(44-24)37-17-34-26-29(35-25(14-32)36-30(26)37)33-15-23(21-10-6-4-7-11-21)22-12-8-5-9-13-22/h4-13,17,23-24,27-28,31H,15-16H2,1-3H3,(H,33,35,36)/t24-,27+,28+,31+/m0/s1. The summed E-state index contributed by atoms with van der Waals surface area (Å²) in [4.78, 5) is 48.9. The van der Waals surface area contributed by atoms with E-state index in [2.05, 4.69) is 20.3 Å². The third-order valence-corrected chi connectivity index (χ3v) is 7.01. The Labute approximate surface area is 252 Å². The van der Waals surface area contributed by atoms with Gasteiger partial charge >= 0.3 is 17.9 Å². The third-order valence-electron chi connectivity index (χ3n) is 7.01. The Balaban J connectivity index is 1.52. The highest BCUT2D eigenvalue weighted by molar-refractivity contribution is 5.83. The molecule has 0 saturated carbocycles. The van der Waals surface area contributed by atoms with Gasteiger partial charge in [-0.1, -0.05) is 60.7 Å². The summed E-state index contributed by atoms with van der Waals surface area (Å²) in [5.41, 5.74) is 2.72. The first-order valence-electron chi connectivity index (χ1n) is 13.9. The van der Waals surface area contributed by atoms with Gasteiger partial charge in [0, 0.05) is 33.2 Å². The van der Waals surface area contributed by atoms with Gasteiger partial charge in [-0.25, -0.2) is 4.98 Å². The molecule has 226 valence electrons. The molecule has 0 spiro atoms. The van der Waals surface area contributed by atoms with Gasteiger partial charge in [-0.15, -0.1) is 0 Å². The van der Waals surface area contributed by atoms with E-state index in [1.807, 2.05) is 66.7 Å². The number of nitrogens with zero attached hydrogens (tertiary/aromatic N) is 5. The van der Waals surface area contributed by atoms with Crippen LogP contribution in [-0.2, 0) is 33.3 Å². The van der Waals surface area contributed by atoms with Crippen LogP contribution < -0.4 is 5.32 Å². The summed E-state index contributed by atoms with van der Waals surface area (Å²) in [6.07, 6.45) is -2.90. The zero-order valence-electron chi connectivity index (χ0n) is 24.2. The van der Waals surface area contributed by atoms with Gasteiger partial charge in [-0.05, 0) is 11.1 Å². The number of carbonyl (C=O) groups excluding carboxylic acids is 3. The highest BCUT2D eigenvalue weighted by atomic mass is 16.7. The van der Waals surface area contributed by atoms with Gasteiger partial charge < -0.3 is 24.3 Å². The Morgan fingerprint density at radius 1 is 0.932 bits per heavy atom. The number of hydrogen-bond acceptors (Lipinski definition) is 12. The molecule has 13 nitrogen and oxygen atoms in total. The Bertz CT molecular complexity index is 1650. The van der Waals surface area contributed by atoms with Crippen LogP contribution in [0.15, 0.2) is 67.0 Å². The van der Waals surface area contributed by atoms with E-state index in [0.717, 1.165) is 11.1 Å². The van der Waals surface area contributed by atoms with Crippen LogP contribution in [0.25, 0.3) is 11.2 Å². The Kier molecular flexibility index (Phi) is 9.11. The number of rotatable bonds is 10. The maximum absolute atomic E-state index is 12.1. The Hall–Kier alpha value is -5.35. The predicted molar refractivity (Wildman–Crippen MR) is 155 cm³/mol. The van der Waals surface area contributed by atoms with Crippen molar-refractivity contribution >= 4 is 34.9 Å². The van der Waals surface area contributed by atoms with Crippen molar-refractivity contribution in [3.63, 3.8) is 0 Å². The van der Waals surface area contributed by atoms with Crippen LogP contribution in [0.1, 0.15) is 49.9 Å². The number of esters is 3. The second-order valence-corrected chi connectivity index (χ2v) is 10.1. The number of benzene rings is 2. The van der Waals surface area contributed by atoms with Gasteiger partial charge in [0.2, 0.25) is 5.82 Å². The fourth-order valence-electron chi connectivity index (χ4n) is 5.19. The average molecular weight is 599 g/mol. The number of carbonyl (C=O) groups is 3. The molecule has 2 aromatic carbocycles. The normalized spacial score (nSPS) is 19.3. The molecule has 5 rings (SSSR count). The number of imidazole rings is 1. The summed E-state index contributed by atoms with van der Waals surface area (Å²) in [7, 11) is 0. The van der Waals surface area contributed by atoms with Gasteiger partial charge in [0.15, 0.2) is 35.4 Å². The van der Waals surface area contributed by atoms with Crippen LogP contribution in [0.4, 0.5) is 5.82 Å². The molecule has 3 heterocycles.